The van der Waals surface area contributed by atoms with Gasteiger partial charge in [0.25, 0.3) is 5.91 Å². The van der Waals surface area contributed by atoms with Gasteiger partial charge in [-0.2, -0.15) is 5.10 Å². The molecule has 1 amide bonds. The van der Waals surface area contributed by atoms with E-state index >= 15 is 4.39 Å². The number of anilines is 3. The van der Waals surface area contributed by atoms with E-state index in [1.54, 1.807) is 46.1 Å². The summed E-state index contributed by atoms with van der Waals surface area (Å²) in [5.74, 6) is 1.69. The zero-order chi connectivity index (χ0) is 28.1. The molecule has 12 heteroatoms. The van der Waals surface area contributed by atoms with Crippen LogP contribution in [0.3, 0.4) is 0 Å². The second kappa shape index (κ2) is 9.89. The van der Waals surface area contributed by atoms with Crippen molar-refractivity contribution in [2.75, 3.05) is 36.9 Å². The van der Waals surface area contributed by atoms with E-state index in [2.05, 4.69) is 48.4 Å². The van der Waals surface area contributed by atoms with Gasteiger partial charge in [0.1, 0.15) is 41.6 Å². The van der Waals surface area contributed by atoms with Gasteiger partial charge in [0.2, 0.25) is 0 Å². The van der Waals surface area contributed by atoms with E-state index in [1.165, 1.54) is 18.7 Å². The molecular formula is C29H26FN9O2. The summed E-state index contributed by atoms with van der Waals surface area (Å²) in [5, 5.41) is 7.80. The Bertz CT molecular complexity index is 1850. The number of carbonyl (C=O) groups is 1. The Labute approximate surface area is 234 Å². The fourth-order valence-corrected chi connectivity index (χ4v) is 5.30. The first-order chi connectivity index (χ1) is 19.9. The summed E-state index contributed by atoms with van der Waals surface area (Å²) >= 11 is 0. The molecule has 0 aliphatic carbocycles. The van der Waals surface area contributed by atoms with E-state index in [4.69, 9.17) is 4.74 Å². The fraction of sp³-hybridized carbons (Fsp3) is 0.241. The SMILES string of the molecule is Cc1cc(Nc2ncnc3cnc(N4CC/C(=C\C5CN(C)C5)C4=O)cc23)c(F)cc1Oc1ccn2ncnc2c1. The average Bonchev–Trinajstić information content (AvgIpc) is 3.56. The number of nitrogens with zero attached hydrogens (tertiary/aromatic N) is 8. The van der Waals surface area contributed by atoms with Crippen LogP contribution in [-0.2, 0) is 4.79 Å². The van der Waals surface area contributed by atoms with Crippen LogP contribution in [-0.4, -0.2) is 67.0 Å². The highest BCUT2D eigenvalue weighted by molar-refractivity contribution is 6.08. The molecule has 11 nitrogen and oxygen atoms in total. The van der Waals surface area contributed by atoms with Crippen molar-refractivity contribution in [2.24, 2.45) is 5.92 Å². The van der Waals surface area contributed by atoms with Gasteiger partial charge in [0.05, 0.1) is 17.4 Å². The third kappa shape index (κ3) is 4.72. The van der Waals surface area contributed by atoms with Crippen LogP contribution < -0.4 is 15.0 Å². The lowest BCUT2D eigenvalue weighted by Crippen LogP contribution is -2.42. The number of ether oxygens (including phenoxy) is 1. The highest BCUT2D eigenvalue weighted by Gasteiger charge is 2.31. The monoisotopic (exact) mass is 551 g/mol. The predicted octanol–water partition coefficient (Wildman–Crippen LogP) is 4.28. The molecule has 6 heterocycles. The van der Waals surface area contributed by atoms with Crippen molar-refractivity contribution in [3.63, 3.8) is 0 Å². The lowest BCUT2D eigenvalue weighted by atomic mass is 9.97. The smallest absolute Gasteiger partial charge is 0.255 e. The summed E-state index contributed by atoms with van der Waals surface area (Å²) in [7, 11) is 2.07. The lowest BCUT2D eigenvalue weighted by Gasteiger charge is -2.34. The summed E-state index contributed by atoms with van der Waals surface area (Å²) < 4.78 is 22.9. The van der Waals surface area contributed by atoms with Crippen LogP contribution in [0, 0.1) is 18.7 Å². The quantitative estimate of drug-likeness (QED) is 0.309. The van der Waals surface area contributed by atoms with E-state index < -0.39 is 5.82 Å². The summed E-state index contributed by atoms with van der Waals surface area (Å²) in [4.78, 5) is 34.4. The van der Waals surface area contributed by atoms with Crippen molar-refractivity contribution in [1.82, 2.24) is 34.4 Å². The van der Waals surface area contributed by atoms with Crippen molar-refractivity contribution >= 4 is 39.8 Å². The standard InChI is InChI=1S/C29H26FN9O2/c1-17-7-23(22(30)11-25(17)41-20-4-6-39-27(9-20)33-16-35-39)36-28-21-10-26(31-12-24(21)32-15-34-28)38-5-3-19(29(38)40)8-18-13-37(2)14-18/h4,6-12,15-16,18H,3,5,13-14H2,1-2H3,(H,32,34,36)/b19-8+. The number of aryl methyl sites for hydroxylation is 1. The number of nitrogens with one attached hydrogen (secondary N) is 1. The highest BCUT2D eigenvalue weighted by Crippen LogP contribution is 2.34. The Morgan fingerprint density at radius 2 is 1.98 bits per heavy atom. The molecule has 0 radical (unpaired) electrons. The molecule has 4 aromatic heterocycles. The number of pyridine rings is 2. The number of hydrogen-bond acceptors (Lipinski definition) is 9. The summed E-state index contributed by atoms with van der Waals surface area (Å²) in [6.07, 6.45) is 8.96. The number of carbonyl (C=O) groups excluding carboxylic acids is 1. The number of rotatable bonds is 6. The topological polar surface area (TPSA) is 114 Å². The summed E-state index contributed by atoms with van der Waals surface area (Å²) in [6.45, 7) is 4.33. The van der Waals surface area contributed by atoms with Crippen LogP contribution in [0.15, 0.2) is 67.0 Å². The second-order valence-electron chi connectivity index (χ2n) is 10.4. The Morgan fingerprint density at radius 3 is 2.83 bits per heavy atom. The zero-order valence-corrected chi connectivity index (χ0v) is 22.5. The number of hydrogen-bond donors (Lipinski definition) is 1. The number of amides is 1. The largest absolute Gasteiger partial charge is 0.457 e. The molecule has 41 heavy (non-hydrogen) atoms. The van der Waals surface area contributed by atoms with Crippen LogP contribution in [0.1, 0.15) is 12.0 Å². The number of aromatic nitrogens is 6. The molecule has 0 spiro atoms. The molecular weight excluding hydrogens is 525 g/mol. The first-order valence-electron chi connectivity index (χ1n) is 13.3. The molecule has 0 saturated carbocycles. The van der Waals surface area contributed by atoms with Gasteiger partial charge in [-0.1, -0.05) is 6.08 Å². The summed E-state index contributed by atoms with van der Waals surface area (Å²) in [6, 6.07) is 8.23. The Hall–Kier alpha value is -4.97. The fourth-order valence-electron chi connectivity index (χ4n) is 5.30. The Morgan fingerprint density at radius 1 is 1.10 bits per heavy atom. The molecule has 7 rings (SSSR count). The first-order valence-corrected chi connectivity index (χ1v) is 13.3. The minimum Gasteiger partial charge on any atom is -0.457 e. The number of benzene rings is 1. The van der Waals surface area contributed by atoms with Crippen molar-refractivity contribution in [3.8, 4) is 11.5 Å². The maximum absolute atomic E-state index is 15.3. The number of fused-ring (bicyclic) bond motifs is 2. The molecule has 1 N–H and O–H groups in total. The Kier molecular flexibility index (Phi) is 6.04. The van der Waals surface area contributed by atoms with Crippen LogP contribution in [0.2, 0.25) is 0 Å². The zero-order valence-electron chi connectivity index (χ0n) is 22.5. The van der Waals surface area contributed by atoms with Crippen molar-refractivity contribution < 1.29 is 13.9 Å². The highest BCUT2D eigenvalue weighted by atomic mass is 19.1. The van der Waals surface area contributed by atoms with Crippen molar-refractivity contribution in [1.29, 1.82) is 0 Å². The van der Waals surface area contributed by atoms with Gasteiger partial charge < -0.3 is 15.0 Å². The van der Waals surface area contributed by atoms with E-state index in [9.17, 15) is 4.79 Å². The van der Waals surface area contributed by atoms with Gasteiger partial charge in [-0.25, -0.2) is 28.8 Å². The molecule has 0 unspecified atom stereocenters. The van der Waals surface area contributed by atoms with E-state index in [0.717, 1.165) is 24.2 Å². The van der Waals surface area contributed by atoms with Crippen molar-refractivity contribution in [3.05, 3.63) is 78.4 Å². The van der Waals surface area contributed by atoms with Crippen LogP contribution >= 0.6 is 0 Å². The first kappa shape index (κ1) is 25.0. The van der Waals surface area contributed by atoms with Crippen LogP contribution in [0.5, 0.6) is 11.5 Å². The lowest BCUT2D eigenvalue weighted by molar-refractivity contribution is -0.114. The number of halogens is 1. The third-order valence-corrected chi connectivity index (χ3v) is 7.44. The van der Waals surface area contributed by atoms with E-state index in [1.807, 2.05) is 6.92 Å². The summed E-state index contributed by atoms with van der Waals surface area (Å²) in [5.41, 5.74) is 2.98. The minimum absolute atomic E-state index is 0.0295. The van der Waals surface area contributed by atoms with E-state index in [0.29, 0.717) is 58.6 Å². The number of likely N-dealkylation sites (tertiary alicyclic amines) is 1. The predicted molar refractivity (Wildman–Crippen MR) is 151 cm³/mol. The van der Waals surface area contributed by atoms with Crippen LogP contribution in [0.4, 0.5) is 21.7 Å². The van der Waals surface area contributed by atoms with E-state index in [-0.39, 0.29) is 11.6 Å². The molecule has 2 aliphatic rings. The van der Waals surface area contributed by atoms with Gasteiger partial charge in [-0.15, -0.1) is 0 Å². The molecule has 206 valence electrons. The normalized spacial score (nSPS) is 17.1. The average molecular weight is 552 g/mol. The molecule has 2 fully saturated rings. The molecule has 0 atom stereocenters. The Balaban J connectivity index is 1.14. The molecule has 2 aliphatic heterocycles. The maximum Gasteiger partial charge on any atom is 0.255 e. The van der Waals surface area contributed by atoms with Gasteiger partial charge in [-0.05, 0) is 44.2 Å². The molecule has 5 aromatic rings. The van der Waals surface area contributed by atoms with Gasteiger partial charge >= 0.3 is 0 Å². The van der Waals surface area contributed by atoms with Crippen LogP contribution in [0.25, 0.3) is 16.6 Å². The third-order valence-electron chi connectivity index (χ3n) is 7.44. The molecule has 2 saturated heterocycles. The van der Waals surface area contributed by atoms with Gasteiger partial charge in [-0.3, -0.25) is 9.69 Å². The van der Waals surface area contributed by atoms with Crippen molar-refractivity contribution in [2.45, 2.75) is 13.3 Å². The minimum atomic E-state index is -0.513. The van der Waals surface area contributed by atoms with Gasteiger partial charge in [0.15, 0.2) is 5.65 Å². The maximum atomic E-state index is 15.3. The van der Waals surface area contributed by atoms with Gasteiger partial charge in [0, 0.05) is 54.8 Å². The molecule has 0 bridgehead atoms. The second-order valence-corrected chi connectivity index (χ2v) is 10.4. The molecule has 1 aromatic carbocycles.